The van der Waals surface area contributed by atoms with Crippen LogP contribution in [0.3, 0.4) is 0 Å². The van der Waals surface area contributed by atoms with Gasteiger partial charge in [-0.25, -0.2) is 0 Å². The number of hydrogen-bond acceptors (Lipinski definition) is 3. The molecule has 1 fully saturated rings. The summed E-state index contributed by atoms with van der Waals surface area (Å²) < 4.78 is 0. The highest BCUT2D eigenvalue weighted by atomic mass is 35.5. The fourth-order valence-electron chi connectivity index (χ4n) is 4.16. The normalized spacial score (nSPS) is 19.6. The summed E-state index contributed by atoms with van der Waals surface area (Å²) in [5.41, 5.74) is 4.61. The smallest absolute Gasteiger partial charge is 0.259 e. The molecule has 1 saturated heterocycles. The highest BCUT2D eigenvalue weighted by molar-refractivity contribution is 6.30. The van der Waals surface area contributed by atoms with Crippen molar-refractivity contribution in [2.24, 2.45) is 0 Å². The van der Waals surface area contributed by atoms with Gasteiger partial charge in [0.05, 0.1) is 12.5 Å². The summed E-state index contributed by atoms with van der Waals surface area (Å²) in [4.78, 5) is 32.3. The number of fused-ring (bicyclic) bond motifs is 1. The number of hydrogen-bond donors (Lipinski definition) is 0. The number of rotatable bonds is 3. The van der Waals surface area contributed by atoms with Crippen LogP contribution in [0.4, 0.5) is 5.69 Å². The van der Waals surface area contributed by atoms with E-state index in [9.17, 15) is 9.59 Å². The fourth-order valence-corrected chi connectivity index (χ4v) is 4.29. The average Bonchev–Trinajstić information content (AvgIpc) is 2.95. The number of piperazine rings is 1. The number of benzene rings is 2. The summed E-state index contributed by atoms with van der Waals surface area (Å²) in [5.74, 6) is 0.0440. The highest BCUT2D eigenvalue weighted by Gasteiger charge is 2.40. The van der Waals surface area contributed by atoms with Crippen molar-refractivity contribution in [1.82, 2.24) is 9.80 Å². The lowest BCUT2D eigenvalue weighted by atomic mass is 9.96. The molecule has 2 amide bonds. The van der Waals surface area contributed by atoms with E-state index >= 15 is 0 Å². The van der Waals surface area contributed by atoms with Crippen molar-refractivity contribution < 1.29 is 9.59 Å². The van der Waals surface area contributed by atoms with Gasteiger partial charge in [-0.15, -0.1) is 0 Å². The van der Waals surface area contributed by atoms with Crippen LogP contribution in [0, 0.1) is 13.8 Å². The molecule has 1 unspecified atom stereocenters. The van der Waals surface area contributed by atoms with Crippen LogP contribution < -0.4 is 4.90 Å². The van der Waals surface area contributed by atoms with Gasteiger partial charge in [-0.1, -0.05) is 17.7 Å². The first kappa shape index (κ1) is 19.9. The predicted molar refractivity (Wildman–Crippen MR) is 116 cm³/mol. The molecule has 0 saturated carbocycles. The van der Waals surface area contributed by atoms with E-state index in [2.05, 4.69) is 18.0 Å². The Kier molecular flexibility index (Phi) is 5.36. The second kappa shape index (κ2) is 7.81. The minimum absolute atomic E-state index is 0.0541. The predicted octanol–water partition coefficient (Wildman–Crippen LogP) is 3.82. The molecule has 0 spiro atoms. The van der Waals surface area contributed by atoms with E-state index in [1.54, 1.807) is 17.0 Å². The zero-order valence-corrected chi connectivity index (χ0v) is 17.9. The molecule has 2 heterocycles. The molecule has 29 heavy (non-hydrogen) atoms. The summed E-state index contributed by atoms with van der Waals surface area (Å²) in [5, 5.41) is 0.620. The van der Waals surface area contributed by atoms with Crippen LogP contribution in [0.25, 0.3) is 0 Å². The average molecular weight is 412 g/mol. The van der Waals surface area contributed by atoms with Crippen LogP contribution in [0.5, 0.6) is 0 Å². The van der Waals surface area contributed by atoms with Gasteiger partial charge in [0, 0.05) is 42.5 Å². The lowest BCUT2D eigenvalue weighted by molar-refractivity contribution is -0.133. The van der Waals surface area contributed by atoms with Gasteiger partial charge in [0.25, 0.3) is 5.91 Å². The number of carbonyl (C=O) groups excluding carboxylic acids is 2. The molecule has 2 aliphatic heterocycles. The number of halogens is 1. The third-order valence-corrected chi connectivity index (χ3v) is 6.37. The van der Waals surface area contributed by atoms with Gasteiger partial charge in [-0.2, -0.15) is 0 Å². The molecule has 0 bridgehead atoms. The molecule has 2 aliphatic rings. The van der Waals surface area contributed by atoms with Crippen LogP contribution in [0.1, 0.15) is 39.5 Å². The van der Waals surface area contributed by atoms with Crippen LogP contribution in [-0.4, -0.2) is 54.8 Å². The van der Waals surface area contributed by atoms with Gasteiger partial charge in [0.2, 0.25) is 5.91 Å². The maximum atomic E-state index is 13.3. The third kappa shape index (κ3) is 3.77. The van der Waals surface area contributed by atoms with Gasteiger partial charge < -0.3 is 14.7 Å². The zero-order chi connectivity index (χ0) is 20.7. The van der Waals surface area contributed by atoms with Crippen molar-refractivity contribution in [2.45, 2.75) is 26.3 Å². The maximum absolute atomic E-state index is 13.3. The first-order chi connectivity index (χ1) is 13.8. The largest absolute Gasteiger partial charge is 0.340 e. The molecule has 0 aliphatic carbocycles. The summed E-state index contributed by atoms with van der Waals surface area (Å²) >= 11 is 6.05. The number of carbonyl (C=O) groups is 2. The lowest BCUT2D eigenvalue weighted by Crippen LogP contribution is -2.47. The maximum Gasteiger partial charge on any atom is 0.259 e. The molecule has 6 heteroatoms. The van der Waals surface area contributed by atoms with E-state index in [1.165, 1.54) is 0 Å². The van der Waals surface area contributed by atoms with Gasteiger partial charge in [0.15, 0.2) is 0 Å². The van der Waals surface area contributed by atoms with Crippen molar-refractivity contribution in [2.75, 3.05) is 38.1 Å². The molecule has 0 N–H and O–H groups in total. The topological polar surface area (TPSA) is 43.9 Å². The van der Waals surface area contributed by atoms with E-state index in [-0.39, 0.29) is 24.3 Å². The standard InChI is InChI=1S/C23H26ClN3O2/c1-15-12-19-20(13-16(15)2)23(29)27(18-6-4-17(24)5-7-18)21(19)14-22(28)26-10-8-25(3)9-11-26/h4-7,12-13,21H,8-11,14H2,1-3H3. The summed E-state index contributed by atoms with van der Waals surface area (Å²) in [6.07, 6.45) is 0.285. The Morgan fingerprint density at radius 1 is 1.03 bits per heavy atom. The van der Waals surface area contributed by atoms with E-state index in [0.29, 0.717) is 10.6 Å². The Morgan fingerprint density at radius 2 is 1.66 bits per heavy atom. The first-order valence-electron chi connectivity index (χ1n) is 10.0. The molecular weight excluding hydrogens is 386 g/mol. The number of amides is 2. The number of likely N-dealkylation sites (N-methyl/N-ethyl adjacent to an activating group) is 1. The SMILES string of the molecule is Cc1cc2c(cc1C)C(CC(=O)N1CCN(C)CC1)N(c1ccc(Cl)cc1)C2=O. The first-order valence-corrected chi connectivity index (χ1v) is 10.4. The lowest BCUT2D eigenvalue weighted by Gasteiger charge is -2.34. The van der Waals surface area contributed by atoms with Crippen molar-refractivity contribution in [3.63, 3.8) is 0 Å². The molecule has 152 valence electrons. The van der Waals surface area contributed by atoms with Crippen molar-refractivity contribution in [3.05, 3.63) is 63.7 Å². The van der Waals surface area contributed by atoms with Crippen LogP contribution >= 0.6 is 11.6 Å². The number of anilines is 1. The van der Waals surface area contributed by atoms with Gasteiger partial charge in [-0.05, 0) is 67.9 Å². The molecule has 2 aromatic carbocycles. The Bertz CT molecular complexity index is 949. The van der Waals surface area contributed by atoms with E-state index < -0.39 is 0 Å². The second-order valence-electron chi connectivity index (χ2n) is 8.08. The Hall–Kier alpha value is -2.37. The summed E-state index contributed by atoms with van der Waals surface area (Å²) in [6.45, 7) is 7.28. The highest BCUT2D eigenvalue weighted by Crippen LogP contribution is 2.41. The monoisotopic (exact) mass is 411 g/mol. The van der Waals surface area contributed by atoms with Gasteiger partial charge >= 0.3 is 0 Å². The Balaban J connectivity index is 1.69. The van der Waals surface area contributed by atoms with Crippen molar-refractivity contribution in [3.8, 4) is 0 Å². The Labute approximate surface area is 176 Å². The molecular formula is C23H26ClN3O2. The molecule has 0 radical (unpaired) electrons. The molecule has 1 atom stereocenters. The van der Waals surface area contributed by atoms with Crippen LogP contribution in [-0.2, 0) is 4.79 Å². The van der Waals surface area contributed by atoms with Crippen molar-refractivity contribution in [1.29, 1.82) is 0 Å². The van der Waals surface area contributed by atoms with Crippen molar-refractivity contribution >= 4 is 29.1 Å². The molecule has 5 nitrogen and oxygen atoms in total. The molecule has 4 rings (SSSR count). The summed E-state index contributed by atoms with van der Waals surface area (Å²) in [6, 6.07) is 11.0. The van der Waals surface area contributed by atoms with E-state index in [1.807, 2.05) is 36.9 Å². The zero-order valence-electron chi connectivity index (χ0n) is 17.1. The number of aryl methyl sites for hydroxylation is 2. The van der Waals surface area contributed by atoms with Crippen LogP contribution in [0.15, 0.2) is 36.4 Å². The van der Waals surface area contributed by atoms with Gasteiger partial charge in [0.1, 0.15) is 0 Å². The summed E-state index contributed by atoms with van der Waals surface area (Å²) in [7, 11) is 2.07. The van der Waals surface area contributed by atoms with E-state index in [4.69, 9.17) is 11.6 Å². The second-order valence-corrected chi connectivity index (χ2v) is 8.52. The van der Waals surface area contributed by atoms with E-state index in [0.717, 1.165) is 48.6 Å². The number of nitrogens with zero attached hydrogens (tertiary/aromatic N) is 3. The van der Waals surface area contributed by atoms with Crippen LogP contribution in [0.2, 0.25) is 5.02 Å². The minimum atomic E-state index is -0.301. The quantitative estimate of drug-likeness (QED) is 0.771. The minimum Gasteiger partial charge on any atom is -0.340 e. The molecule has 2 aromatic rings. The fraction of sp³-hybridized carbons (Fsp3) is 0.391. The van der Waals surface area contributed by atoms with Gasteiger partial charge in [-0.3, -0.25) is 9.59 Å². The Morgan fingerprint density at radius 3 is 2.31 bits per heavy atom. The molecule has 0 aromatic heterocycles. The third-order valence-electron chi connectivity index (χ3n) is 6.11.